The molecule has 0 N–H and O–H groups in total. The molecule has 0 fully saturated rings. The summed E-state index contributed by atoms with van der Waals surface area (Å²) >= 11 is 0. The molecule has 1 rings (SSSR count). The van der Waals surface area contributed by atoms with Gasteiger partial charge in [0.15, 0.2) is 0 Å². The lowest BCUT2D eigenvalue weighted by Crippen LogP contribution is -2.01. The van der Waals surface area contributed by atoms with Crippen molar-refractivity contribution in [2.45, 2.75) is 19.6 Å². The van der Waals surface area contributed by atoms with Crippen molar-refractivity contribution in [2.75, 3.05) is 0 Å². The summed E-state index contributed by atoms with van der Waals surface area (Å²) in [4.78, 5) is 10.2. The number of nitrogens with zero attached hydrogens (tertiary/aromatic N) is 1. The minimum atomic E-state index is -2.83. The van der Waals surface area contributed by atoms with Crippen LogP contribution < -0.4 is 4.74 Å². The number of halogens is 2. The molecule has 5 heteroatoms. The zero-order valence-electron chi connectivity index (χ0n) is 7.48. The number of ether oxygens (including phenoxy) is 1. The van der Waals surface area contributed by atoms with E-state index in [9.17, 15) is 13.7 Å². The van der Waals surface area contributed by atoms with Crippen LogP contribution in [0, 0.1) is 4.91 Å². The monoisotopic (exact) mass is 201 g/mol. The summed E-state index contributed by atoms with van der Waals surface area (Å²) in [7, 11) is 0. The molecule has 1 aromatic rings. The van der Waals surface area contributed by atoms with Gasteiger partial charge in [-0.2, -0.15) is 13.7 Å². The van der Waals surface area contributed by atoms with Crippen molar-refractivity contribution in [1.29, 1.82) is 0 Å². The molecule has 0 radical (unpaired) electrons. The maximum Gasteiger partial charge on any atom is 0.387 e. The van der Waals surface area contributed by atoms with E-state index in [1.54, 1.807) is 6.92 Å². The van der Waals surface area contributed by atoms with Crippen LogP contribution in [0.2, 0.25) is 0 Å². The van der Waals surface area contributed by atoms with E-state index in [2.05, 4.69) is 9.91 Å². The highest BCUT2D eigenvalue weighted by molar-refractivity contribution is 5.28. The van der Waals surface area contributed by atoms with E-state index >= 15 is 0 Å². The van der Waals surface area contributed by atoms with Gasteiger partial charge in [-0.05, 0) is 24.6 Å². The van der Waals surface area contributed by atoms with Crippen LogP contribution in [0.25, 0.3) is 0 Å². The molecular formula is C9H9F2NO2. The standard InChI is InChI=1S/C9H9F2NO2/c1-6(12-13)7-2-4-8(5-3-7)14-9(10)11/h2-6,9H,1H3. The smallest absolute Gasteiger partial charge is 0.387 e. The molecule has 76 valence electrons. The molecule has 1 aromatic carbocycles. The van der Waals surface area contributed by atoms with Gasteiger partial charge >= 0.3 is 6.61 Å². The Kier molecular flexibility index (Phi) is 3.50. The third-order valence-corrected chi connectivity index (χ3v) is 1.75. The van der Waals surface area contributed by atoms with Gasteiger partial charge in [-0.3, -0.25) is 0 Å². The fourth-order valence-electron chi connectivity index (χ4n) is 0.989. The van der Waals surface area contributed by atoms with E-state index in [4.69, 9.17) is 0 Å². The Morgan fingerprint density at radius 2 is 1.86 bits per heavy atom. The van der Waals surface area contributed by atoms with Crippen LogP contribution in [0.5, 0.6) is 5.75 Å². The molecular weight excluding hydrogens is 192 g/mol. The predicted molar refractivity (Wildman–Crippen MR) is 47.3 cm³/mol. The Balaban J connectivity index is 2.73. The average molecular weight is 201 g/mol. The summed E-state index contributed by atoms with van der Waals surface area (Å²) in [6.07, 6.45) is 0. The van der Waals surface area contributed by atoms with Crippen LogP contribution in [-0.4, -0.2) is 6.61 Å². The van der Waals surface area contributed by atoms with Gasteiger partial charge in [0.05, 0.1) is 0 Å². The summed E-state index contributed by atoms with van der Waals surface area (Å²) in [5.41, 5.74) is 0.668. The van der Waals surface area contributed by atoms with Crippen molar-refractivity contribution in [1.82, 2.24) is 0 Å². The maximum atomic E-state index is 11.8. The van der Waals surface area contributed by atoms with Gasteiger partial charge in [0.2, 0.25) is 0 Å². The predicted octanol–water partition coefficient (Wildman–Crippen LogP) is 3.12. The molecule has 0 bridgehead atoms. The van der Waals surface area contributed by atoms with Gasteiger partial charge in [-0.15, -0.1) is 0 Å². The van der Waals surface area contributed by atoms with Crippen LogP contribution in [0.4, 0.5) is 8.78 Å². The Morgan fingerprint density at radius 1 is 1.29 bits per heavy atom. The maximum absolute atomic E-state index is 11.8. The lowest BCUT2D eigenvalue weighted by atomic mass is 10.1. The fourth-order valence-corrected chi connectivity index (χ4v) is 0.989. The van der Waals surface area contributed by atoms with Crippen LogP contribution in [0.3, 0.4) is 0 Å². The Morgan fingerprint density at radius 3 is 2.29 bits per heavy atom. The number of hydrogen-bond acceptors (Lipinski definition) is 3. The third kappa shape index (κ3) is 2.76. The van der Waals surface area contributed by atoms with Crippen LogP contribution >= 0.6 is 0 Å². The molecule has 1 atom stereocenters. The second kappa shape index (κ2) is 4.64. The summed E-state index contributed by atoms with van der Waals surface area (Å²) in [6, 6.07) is 5.34. The number of benzene rings is 1. The van der Waals surface area contributed by atoms with E-state index in [-0.39, 0.29) is 5.75 Å². The topological polar surface area (TPSA) is 38.7 Å². The molecule has 1 unspecified atom stereocenters. The van der Waals surface area contributed by atoms with Crippen molar-refractivity contribution < 1.29 is 13.5 Å². The molecule has 0 aliphatic rings. The van der Waals surface area contributed by atoms with Crippen LogP contribution in [0.15, 0.2) is 29.4 Å². The number of rotatable bonds is 4. The summed E-state index contributed by atoms with van der Waals surface area (Å²) in [6.45, 7) is -1.21. The van der Waals surface area contributed by atoms with E-state index in [0.29, 0.717) is 5.56 Å². The molecule has 0 saturated heterocycles. The number of hydrogen-bond donors (Lipinski definition) is 0. The Bertz CT molecular complexity index is 300. The first-order chi connectivity index (χ1) is 6.63. The molecule has 0 heterocycles. The highest BCUT2D eigenvalue weighted by Crippen LogP contribution is 2.20. The second-order valence-electron chi connectivity index (χ2n) is 2.73. The first-order valence-corrected chi connectivity index (χ1v) is 4.00. The molecule has 0 aliphatic carbocycles. The molecule has 0 amide bonds. The molecule has 0 spiro atoms. The lowest BCUT2D eigenvalue weighted by molar-refractivity contribution is -0.0498. The summed E-state index contributed by atoms with van der Waals surface area (Å²) in [5, 5.41) is 2.81. The fraction of sp³-hybridized carbons (Fsp3) is 0.333. The normalized spacial score (nSPS) is 12.6. The SMILES string of the molecule is CC(N=O)c1ccc(OC(F)F)cc1. The van der Waals surface area contributed by atoms with Crippen LogP contribution in [-0.2, 0) is 0 Å². The van der Waals surface area contributed by atoms with Gasteiger partial charge in [-0.25, -0.2) is 0 Å². The molecule has 0 saturated carbocycles. The highest BCUT2D eigenvalue weighted by Gasteiger charge is 2.06. The van der Waals surface area contributed by atoms with Crippen molar-refractivity contribution in [3.05, 3.63) is 34.7 Å². The minimum Gasteiger partial charge on any atom is -0.435 e. The van der Waals surface area contributed by atoms with Gasteiger partial charge in [0.25, 0.3) is 0 Å². The Hall–Kier alpha value is -1.52. The second-order valence-corrected chi connectivity index (χ2v) is 2.73. The summed E-state index contributed by atoms with van der Waals surface area (Å²) < 4.78 is 27.7. The minimum absolute atomic E-state index is 0.0712. The van der Waals surface area contributed by atoms with Gasteiger partial charge in [0, 0.05) is 0 Å². The van der Waals surface area contributed by atoms with E-state index in [0.717, 1.165) is 0 Å². The Labute approximate surface area is 79.7 Å². The first-order valence-electron chi connectivity index (χ1n) is 4.00. The van der Waals surface area contributed by atoms with Gasteiger partial charge < -0.3 is 4.74 Å². The molecule has 0 aliphatic heterocycles. The summed E-state index contributed by atoms with van der Waals surface area (Å²) in [5.74, 6) is 0.0712. The quantitative estimate of drug-likeness (QED) is 0.702. The van der Waals surface area contributed by atoms with Crippen molar-refractivity contribution in [2.24, 2.45) is 5.18 Å². The largest absolute Gasteiger partial charge is 0.435 e. The first kappa shape index (κ1) is 10.6. The zero-order chi connectivity index (χ0) is 10.6. The number of alkyl halides is 2. The number of nitroso groups, excluding NO2 is 1. The van der Waals surface area contributed by atoms with E-state index in [1.807, 2.05) is 0 Å². The molecule has 14 heavy (non-hydrogen) atoms. The van der Waals surface area contributed by atoms with Crippen LogP contribution in [0.1, 0.15) is 18.5 Å². The van der Waals surface area contributed by atoms with E-state index < -0.39 is 12.7 Å². The third-order valence-electron chi connectivity index (χ3n) is 1.75. The van der Waals surface area contributed by atoms with Crippen molar-refractivity contribution in [3.63, 3.8) is 0 Å². The molecule has 3 nitrogen and oxygen atoms in total. The van der Waals surface area contributed by atoms with E-state index in [1.165, 1.54) is 24.3 Å². The van der Waals surface area contributed by atoms with Crippen molar-refractivity contribution >= 4 is 0 Å². The lowest BCUT2D eigenvalue weighted by Gasteiger charge is -2.06. The zero-order valence-corrected chi connectivity index (χ0v) is 7.48. The van der Waals surface area contributed by atoms with Crippen molar-refractivity contribution in [3.8, 4) is 5.75 Å². The molecule has 0 aromatic heterocycles. The van der Waals surface area contributed by atoms with Gasteiger partial charge in [-0.1, -0.05) is 17.3 Å². The highest BCUT2D eigenvalue weighted by atomic mass is 19.3. The van der Waals surface area contributed by atoms with Gasteiger partial charge in [0.1, 0.15) is 11.8 Å². The average Bonchev–Trinajstić information content (AvgIpc) is 2.17.